The van der Waals surface area contributed by atoms with Gasteiger partial charge in [0.25, 0.3) is 0 Å². The third-order valence-corrected chi connectivity index (χ3v) is 6.12. The lowest BCUT2D eigenvalue weighted by Crippen LogP contribution is -2.11. The van der Waals surface area contributed by atoms with E-state index in [1.54, 1.807) is 72.4 Å². The Balaban J connectivity index is 1.83. The van der Waals surface area contributed by atoms with Crippen LogP contribution in [0.15, 0.2) is 71.7 Å². The first-order chi connectivity index (χ1) is 16.2. The molecule has 10 heteroatoms. The topological polar surface area (TPSA) is 154 Å². The minimum absolute atomic E-state index is 0.0718. The molecule has 170 valence electrons. The molecule has 0 aliphatic heterocycles. The fourth-order valence-corrected chi connectivity index (χ4v) is 4.27. The number of hydrogen-bond donors (Lipinski definition) is 3. The Labute approximate surface area is 197 Å². The van der Waals surface area contributed by atoms with Crippen LogP contribution in [0.2, 0.25) is 0 Å². The summed E-state index contributed by atoms with van der Waals surface area (Å²) < 4.78 is 1.59. The summed E-state index contributed by atoms with van der Waals surface area (Å²) in [5.41, 5.74) is 13.6. The number of nitrogens with two attached hydrogens (primary N) is 2. The monoisotopic (exact) mass is 473 g/mol. The van der Waals surface area contributed by atoms with Gasteiger partial charge in [-0.25, -0.2) is 14.5 Å². The van der Waals surface area contributed by atoms with Gasteiger partial charge >= 0.3 is 5.97 Å². The second-order valence-corrected chi connectivity index (χ2v) is 8.27. The maximum atomic E-state index is 11.9. The van der Waals surface area contributed by atoms with E-state index in [2.05, 4.69) is 5.10 Å². The summed E-state index contributed by atoms with van der Waals surface area (Å²) in [6.45, 7) is 0. The maximum absolute atomic E-state index is 11.9. The van der Waals surface area contributed by atoms with Gasteiger partial charge in [0.15, 0.2) is 0 Å². The molecule has 0 fully saturated rings. The molecular weight excluding hydrogens is 454 g/mol. The average Bonchev–Trinajstić information content (AvgIpc) is 3.19. The number of carbonyl (C=O) groups excluding carboxylic acids is 2. The largest absolute Gasteiger partial charge is 0.478 e. The zero-order chi connectivity index (χ0) is 24.4. The van der Waals surface area contributed by atoms with E-state index in [1.807, 2.05) is 0 Å². The van der Waals surface area contributed by atoms with Crippen molar-refractivity contribution in [3.05, 3.63) is 88.2 Å². The fourth-order valence-electron chi connectivity index (χ4n) is 3.36. The van der Waals surface area contributed by atoms with Crippen molar-refractivity contribution < 1.29 is 19.5 Å². The first-order valence-electron chi connectivity index (χ1n) is 10.00. The molecule has 0 radical (unpaired) electrons. The first-order valence-corrected chi connectivity index (χ1v) is 10.8. The number of carbonyl (C=O) groups is 3. The second kappa shape index (κ2) is 9.12. The Kier molecular flexibility index (Phi) is 6.07. The van der Waals surface area contributed by atoms with Crippen LogP contribution in [-0.2, 0) is 7.05 Å². The highest BCUT2D eigenvalue weighted by Crippen LogP contribution is 2.34. The molecule has 3 aromatic carbocycles. The molecule has 0 saturated carbocycles. The Morgan fingerprint density at radius 2 is 1.44 bits per heavy atom. The molecule has 4 aromatic rings. The zero-order valence-corrected chi connectivity index (χ0v) is 18.7. The van der Waals surface area contributed by atoms with Crippen LogP contribution in [0.5, 0.6) is 0 Å². The molecule has 0 saturated heterocycles. The summed E-state index contributed by atoms with van der Waals surface area (Å²) in [7, 11) is 1.74. The average molecular weight is 474 g/mol. The summed E-state index contributed by atoms with van der Waals surface area (Å²) in [5.74, 6) is -2.19. The van der Waals surface area contributed by atoms with Crippen molar-refractivity contribution in [1.82, 2.24) is 9.78 Å². The number of carboxylic acids is 1. The highest BCUT2D eigenvalue weighted by Gasteiger charge is 2.17. The number of aromatic carboxylic acids is 1. The summed E-state index contributed by atoms with van der Waals surface area (Å²) in [6.07, 6.45) is 0. The van der Waals surface area contributed by atoms with Gasteiger partial charge in [-0.1, -0.05) is 41.7 Å². The van der Waals surface area contributed by atoms with Crippen molar-refractivity contribution in [3.8, 4) is 21.7 Å². The van der Waals surface area contributed by atoms with Gasteiger partial charge in [-0.2, -0.15) is 5.10 Å². The van der Waals surface area contributed by atoms with Crippen LogP contribution in [0.25, 0.3) is 21.7 Å². The molecule has 4 rings (SSSR count). The van der Waals surface area contributed by atoms with Crippen molar-refractivity contribution in [2.75, 3.05) is 0 Å². The predicted octanol–water partition coefficient (Wildman–Crippen LogP) is 2.94. The van der Waals surface area contributed by atoms with Crippen molar-refractivity contribution in [1.29, 1.82) is 0 Å². The minimum Gasteiger partial charge on any atom is -0.478 e. The molecule has 34 heavy (non-hydrogen) atoms. The van der Waals surface area contributed by atoms with Crippen LogP contribution in [-0.4, -0.2) is 32.7 Å². The molecular formula is C24H19N5O4S. The van der Waals surface area contributed by atoms with Gasteiger partial charge in [0.2, 0.25) is 16.6 Å². The van der Waals surface area contributed by atoms with Crippen molar-refractivity contribution in [2.45, 2.75) is 0 Å². The number of aromatic nitrogens is 2. The number of amides is 2. The van der Waals surface area contributed by atoms with Crippen LogP contribution >= 0.6 is 11.3 Å². The first kappa shape index (κ1) is 22.6. The molecule has 0 bridgehead atoms. The summed E-state index contributed by atoms with van der Waals surface area (Å²) in [5, 5.41) is 14.9. The lowest BCUT2D eigenvalue weighted by atomic mass is 9.96. The van der Waals surface area contributed by atoms with Gasteiger partial charge < -0.3 is 16.6 Å². The molecule has 9 nitrogen and oxygen atoms in total. The van der Waals surface area contributed by atoms with Crippen LogP contribution in [0.1, 0.15) is 31.1 Å². The molecule has 0 aliphatic carbocycles. The van der Waals surface area contributed by atoms with Gasteiger partial charge in [-0.3, -0.25) is 9.59 Å². The van der Waals surface area contributed by atoms with Gasteiger partial charge in [-0.15, -0.1) is 0 Å². The Morgan fingerprint density at radius 1 is 0.882 bits per heavy atom. The van der Waals surface area contributed by atoms with E-state index in [0.29, 0.717) is 37.8 Å². The van der Waals surface area contributed by atoms with E-state index in [-0.39, 0.29) is 5.56 Å². The second-order valence-electron chi connectivity index (χ2n) is 7.31. The zero-order valence-electron chi connectivity index (χ0n) is 17.9. The number of aryl methyl sites for hydroxylation is 1. The fraction of sp³-hybridized carbons (Fsp3) is 0.0417. The number of nitrogens with zero attached hydrogens (tertiary/aromatic N) is 3. The minimum atomic E-state index is -1.10. The third-order valence-electron chi connectivity index (χ3n) is 5.07. The van der Waals surface area contributed by atoms with Crippen LogP contribution in [0, 0.1) is 0 Å². The molecule has 1 aromatic heterocycles. The number of rotatable bonds is 6. The van der Waals surface area contributed by atoms with E-state index in [4.69, 9.17) is 16.5 Å². The molecule has 0 aliphatic rings. The van der Waals surface area contributed by atoms with E-state index >= 15 is 0 Å². The molecule has 0 unspecified atom stereocenters. The number of carboxylic acid groups (broad SMARTS) is 1. The molecule has 0 spiro atoms. The Bertz CT molecular complexity index is 1490. The molecule has 0 atom stereocenters. The van der Waals surface area contributed by atoms with Crippen molar-refractivity contribution >= 4 is 34.8 Å². The normalized spacial score (nSPS) is 11.4. The van der Waals surface area contributed by atoms with Gasteiger partial charge in [0.1, 0.15) is 5.01 Å². The Hall–Kier alpha value is -4.57. The molecule has 2 amide bonds. The predicted molar refractivity (Wildman–Crippen MR) is 128 cm³/mol. The Morgan fingerprint density at radius 3 is 1.97 bits per heavy atom. The van der Waals surface area contributed by atoms with E-state index in [0.717, 1.165) is 5.56 Å². The molecule has 5 N–H and O–H groups in total. The van der Waals surface area contributed by atoms with E-state index in [9.17, 15) is 19.5 Å². The van der Waals surface area contributed by atoms with Gasteiger partial charge in [-0.05, 0) is 42.0 Å². The molecule has 1 heterocycles. The van der Waals surface area contributed by atoms with Gasteiger partial charge in [0, 0.05) is 29.3 Å². The lowest BCUT2D eigenvalue weighted by Gasteiger charge is -2.10. The van der Waals surface area contributed by atoms with E-state index < -0.39 is 17.8 Å². The lowest BCUT2D eigenvalue weighted by molar-refractivity contribution is 0.0697. The highest BCUT2D eigenvalue weighted by molar-refractivity contribution is 7.12. The SMILES string of the molecule is Cn1nc(-c2ccc(C(N)=O)cc2)sc1=Nc1cccc(C(=O)O)c1-c1ccc(C(N)=O)cc1. The number of primary amides is 2. The van der Waals surface area contributed by atoms with Crippen molar-refractivity contribution in [3.63, 3.8) is 0 Å². The highest BCUT2D eigenvalue weighted by atomic mass is 32.1. The van der Waals surface area contributed by atoms with Gasteiger partial charge in [0.05, 0.1) is 11.3 Å². The van der Waals surface area contributed by atoms with Crippen LogP contribution < -0.4 is 16.3 Å². The smallest absolute Gasteiger partial charge is 0.336 e. The van der Waals surface area contributed by atoms with E-state index in [1.165, 1.54) is 17.4 Å². The number of hydrogen-bond acceptors (Lipinski definition) is 6. The number of benzene rings is 3. The quantitative estimate of drug-likeness (QED) is 0.393. The summed E-state index contributed by atoms with van der Waals surface area (Å²) in [4.78, 5) is 39.9. The standard InChI is InChI=1S/C24H19N5O4S/c1-29-24(34-22(28-29)16-11-9-15(10-12-16)21(26)31)27-18-4-2-3-17(23(32)33)19(18)13-5-7-14(8-6-13)20(25)30/h2-12H,1H3,(H2,25,30)(H2,26,31)(H,32,33). The van der Waals surface area contributed by atoms with Crippen LogP contribution in [0.3, 0.4) is 0 Å². The van der Waals surface area contributed by atoms with Crippen molar-refractivity contribution in [2.24, 2.45) is 23.5 Å². The maximum Gasteiger partial charge on any atom is 0.336 e. The van der Waals surface area contributed by atoms with Crippen LogP contribution in [0.4, 0.5) is 5.69 Å². The third kappa shape index (κ3) is 4.48. The summed E-state index contributed by atoms with van der Waals surface area (Å²) >= 11 is 1.31. The summed E-state index contributed by atoms with van der Waals surface area (Å²) in [6, 6.07) is 17.9.